The molecule has 20 heavy (non-hydrogen) atoms. The van der Waals surface area contributed by atoms with E-state index in [2.05, 4.69) is 11.6 Å². The molecule has 1 aliphatic rings. The summed E-state index contributed by atoms with van der Waals surface area (Å²) in [6.07, 6.45) is 2.76. The molecule has 7 heteroatoms. The van der Waals surface area contributed by atoms with Crippen LogP contribution in [0.3, 0.4) is 0 Å². The number of nitrogens with zero attached hydrogens (tertiary/aromatic N) is 2. The Bertz CT molecular complexity index is 506. The minimum absolute atomic E-state index is 0.0952. The highest BCUT2D eigenvalue weighted by Crippen LogP contribution is 2.30. The maximum Gasteiger partial charge on any atom is 0.410 e. The Morgan fingerprint density at radius 1 is 1.55 bits per heavy atom. The number of amides is 1. The van der Waals surface area contributed by atoms with E-state index >= 15 is 0 Å². The van der Waals surface area contributed by atoms with E-state index in [1.807, 2.05) is 0 Å². The van der Waals surface area contributed by atoms with Crippen LogP contribution in [0.25, 0.3) is 0 Å². The molecule has 0 spiro atoms. The highest BCUT2D eigenvalue weighted by molar-refractivity contribution is 7.09. The van der Waals surface area contributed by atoms with Gasteiger partial charge in [-0.1, -0.05) is 12.7 Å². The number of ether oxygens (including phenoxy) is 1. The number of carbonyl (C=O) groups excluding carboxylic acids is 1. The number of hydrogen-bond acceptors (Lipinski definition) is 5. The summed E-state index contributed by atoms with van der Waals surface area (Å²) in [6.45, 7) is 4.91. The number of aromatic carboxylic acids is 1. The number of carboxylic acids is 1. The van der Waals surface area contributed by atoms with Crippen molar-refractivity contribution in [2.75, 3.05) is 19.7 Å². The maximum atomic E-state index is 11.7. The molecule has 2 rings (SSSR count). The molecule has 2 heterocycles. The van der Waals surface area contributed by atoms with Crippen LogP contribution >= 0.6 is 11.3 Å². The van der Waals surface area contributed by atoms with Gasteiger partial charge in [-0.15, -0.1) is 11.3 Å². The van der Waals surface area contributed by atoms with Crippen LogP contribution in [0, 0.1) is 0 Å². The first-order valence-electron chi connectivity index (χ1n) is 6.33. The summed E-state index contributed by atoms with van der Waals surface area (Å²) in [5, 5.41) is 11.3. The van der Waals surface area contributed by atoms with Crippen molar-refractivity contribution in [1.29, 1.82) is 0 Å². The minimum atomic E-state index is -1.00. The van der Waals surface area contributed by atoms with E-state index in [4.69, 9.17) is 9.84 Å². The van der Waals surface area contributed by atoms with Gasteiger partial charge in [-0.3, -0.25) is 0 Å². The molecule has 0 aromatic carbocycles. The van der Waals surface area contributed by atoms with Crippen LogP contribution in [0.4, 0.5) is 4.79 Å². The van der Waals surface area contributed by atoms with Gasteiger partial charge in [0.2, 0.25) is 0 Å². The van der Waals surface area contributed by atoms with Crippen molar-refractivity contribution < 1.29 is 19.4 Å². The molecule has 0 radical (unpaired) electrons. The number of carbonyl (C=O) groups is 2. The molecule has 6 nitrogen and oxygen atoms in total. The molecular formula is C13H16N2O4S. The summed E-state index contributed by atoms with van der Waals surface area (Å²) in [7, 11) is 0. The normalized spacial score (nSPS) is 15.9. The van der Waals surface area contributed by atoms with Crippen LogP contribution in [-0.4, -0.2) is 46.7 Å². The standard InChI is InChI=1S/C13H16N2O4S/c1-2-7-19-13(18)15-5-3-9(4-6-15)11-14-10(8-20-11)12(16)17/h2,8-9H,1,3-7H2,(H,16,17). The van der Waals surface area contributed by atoms with Gasteiger partial charge < -0.3 is 14.7 Å². The molecule has 1 aliphatic heterocycles. The lowest BCUT2D eigenvalue weighted by Crippen LogP contribution is -2.38. The fourth-order valence-electron chi connectivity index (χ4n) is 2.10. The second kappa shape index (κ2) is 6.51. The number of rotatable bonds is 4. The molecule has 0 aliphatic carbocycles. The molecule has 0 saturated carbocycles. The molecule has 0 atom stereocenters. The van der Waals surface area contributed by atoms with E-state index in [9.17, 15) is 9.59 Å². The second-order valence-electron chi connectivity index (χ2n) is 4.50. The zero-order valence-electron chi connectivity index (χ0n) is 10.9. The first kappa shape index (κ1) is 14.5. The molecule has 0 unspecified atom stereocenters. The summed E-state index contributed by atoms with van der Waals surface area (Å²) < 4.78 is 4.99. The van der Waals surface area contributed by atoms with Crippen LogP contribution < -0.4 is 0 Å². The predicted molar refractivity (Wildman–Crippen MR) is 74.2 cm³/mol. The second-order valence-corrected chi connectivity index (χ2v) is 5.39. The first-order chi connectivity index (χ1) is 9.61. The molecule has 1 aromatic heterocycles. The molecule has 1 N–H and O–H groups in total. The Morgan fingerprint density at radius 3 is 2.80 bits per heavy atom. The third-order valence-corrected chi connectivity index (χ3v) is 4.18. The van der Waals surface area contributed by atoms with Crippen molar-refractivity contribution in [3.8, 4) is 0 Å². The zero-order valence-corrected chi connectivity index (χ0v) is 11.8. The quantitative estimate of drug-likeness (QED) is 0.863. The molecule has 0 bridgehead atoms. The maximum absolute atomic E-state index is 11.7. The topological polar surface area (TPSA) is 79.7 Å². The van der Waals surface area contributed by atoms with E-state index in [0.29, 0.717) is 13.1 Å². The van der Waals surface area contributed by atoms with Gasteiger partial charge >= 0.3 is 12.1 Å². The number of likely N-dealkylation sites (tertiary alicyclic amines) is 1. The lowest BCUT2D eigenvalue weighted by atomic mass is 9.98. The highest BCUT2D eigenvalue weighted by Gasteiger charge is 2.26. The van der Waals surface area contributed by atoms with Crippen LogP contribution in [0.5, 0.6) is 0 Å². The van der Waals surface area contributed by atoms with Gasteiger partial charge in [-0.25, -0.2) is 14.6 Å². The number of hydrogen-bond donors (Lipinski definition) is 1. The van der Waals surface area contributed by atoms with Crippen molar-refractivity contribution in [2.24, 2.45) is 0 Å². The lowest BCUT2D eigenvalue weighted by Gasteiger charge is -2.30. The Labute approximate surface area is 120 Å². The fraction of sp³-hybridized carbons (Fsp3) is 0.462. The predicted octanol–water partition coefficient (Wildman–Crippen LogP) is 2.34. The van der Waals surface area contributed by atoms with Crippen molar-refractivity contribution in [1.82, 2.24) is 9.88 Å². The van der Waals surface area contributed by atoms with Crippen LogP contribution in [0.15, 0.2) is 18.0 Å². The van der Waals surface area contributed by atoms with Gasteiger partial charge in [0.1, 0.15) is 6.61 Å². The highest BCUT2D eigenvalue weighted by atomic mass is 32.1. The number of thiazole rings is 1. The van der Waals surface area contributed by atoms with Gasteiger partial charge in [0.25, 0.3) is 0 Å². The van der Waals surface area contributed by atoms with Gasteiger partial charge in [-0.05, 0) is 12.8 Å². The summed E-state index contributed by atoms with van der Waals surface area (Å²) in [5.41, 5.74) is 0.0952. The Morgan fingerprint density at radius 2 is 2.25 bits per heavy atom. The molecule has 1 aromatic rings. The number of aromatic nitrogens is 1. The molecule has 1 saturated heterocycles. The van der Waals surface area contributed by atoms with E-state index in [1.165, 1.54) is 17.4 Å². The number of carboxylic acid groups (broad SMARTS) is 1. The first-order valence-corrected chi connectivity index (χ1v) is 7.21. The van der Waals surface area contributed by atoms with E-state index in [1.54, 1.807) is 10.3 Å². The van der Waals surface area contributed by atoms with E-state index < -0.39 is 5.97 Å². The SMILES string of the molecule is C=CCOC(=O)N1CCC(c2nc(C(=O)O)cs2)CC1. The molecule has 1 amide bonds. The average molecular weight is 296 g/mol. The number of piperidine rings is 1. The summed E-state index contributed by atoms with van der Waals surface area (Å²) in [6, 6.07) is 0. The zero-order chi connectivity index (χ0) is 14.5. The average Bonchev–Trinajstić information content (AvgIpc) is 2.95. The lowest BCUT2D eigenvalue weighted by molar-refractivity contribution is 0.0691. The fourth-order valence-corrected chi connectivity index (χ4v) is 3.07. The third kappa shape index (κ3) is 3.36. The van der Waals surface area contributed by atoms with Gasteiger partial charge in [0.05, 0.1) is 5.01 Å². The van der Waals surface area contributed by atoms with Gasteiger partial charge in [-0.2, -0.15) is 0 Å². The van der Waals surface area contributed by atoms with Crippen molar-refractivity contribution in [3.63, 3.8) is 0 Å². The van der Waals surface area contributed by atoms with Crippen molar-refractivity contribution >= 4 is 23.4 Å². The Kier molecular flexibility index (Phi) is 4.73. The summed E-state index contributed by atoms with van der Waals surface area (Å²) in [5.74, 6) is -0.783. The summed E-state index contributed by atoms with van der Waals surface area (Å²) in [4.78, 5) is 28.2. The van der Waals surface area contributed by atoms with E-state index in [0.717, 1.165) is 17.8 Å². The largest absolute Gasteiger partial charge is 0.476 e. The Balaban J connectivity index is 1.88. The summed E-state index contributed by atoms with van der Waals surface area (Å²) >= 11 is 1.37. The third-order valence-electron chi connectivity index (χ3n) is 3.17. The molecule has 108 valence electrons. The van der Waals surface area contributed by atoms with Crippen LogP contribution in [-0.2, 0) is 4.74 Å². The van der Waals surface area contributed by atoms with Crippen molar-refractivity contribution in [2.45, 2.75) is 18.8 Å². The Hall–Kier alpha value is -1.89. The van der Waals surface area contributed by atoms with Crippen LogP contribution in [0.1, 0.15) is 34.3 Å². The monoisotopic (exact) mass is 296 g/mol. The van der Waals surface area contributed by atoms with Gasteiger partial charge in [0.15, 0.2) is 5.69 Å². The molecular weight excluding hydrogens is 280 g/mol. The minimum Gasteiger partial charge on any atom is -0.476 e. The van der Waals surface area contributed by atoms with Crippen LogP contribution in [0.2, 0.25) is 0 Å². The van der Waals surface area contributed by atoms with Gasteiger partial charge in [0, 0.05) is 24.4 Å². The van der Waals surface area contributed by atoms with Crippen molar-refractivity contribution in [3.05, 3.63) is 28.7 Å². The smallest absolute Gasteiger partial charge is 0.410 e. The molecule has 1 fully saturated rings. The van der Waals surface area contributed by atoms with E-state index in [-0.39, 0.29) is 24.3 Å².